The third-order valence-corrected chi connectivity index (χ3v) is 4.48. The fraction of sp³-hybridized carbons (Fsp3) is 0.100. The maximum atomic E-state index is 12.1. The van der Waals surface area contributed by atoms with Crippen molar-refractivity contribution < 1.29 is 14.3 Å². The van der Waals surface area contributed by atoms with Gasteiger partial charge in [-0.1, -0.05) is 72.3 Å². The highest BCUT2D eigenvalue weighted by atomic mass is 35.5. The molecule has 0 spiro atoms. The van der Waals surface area contributed by atoms with E-state index in [1.54, 1.807) is 12.1 Å². The maximum Gasteiger partial charge on any atom is 0.339 e. The zero-order chi connectivity index (χ0) is 17.2. The molecule has 1 aliphatic carbocycles. The van der Waals surface area contributed by atoms with Gasteiger partial charge in [-0.05, 0) is 34.4 Å². The number of benzene rings is 2. The molecular weight excluding hydrogens is 324 g/mol. The summed E-state index contributed by atoms with van der Waals surface area (Å²) in [4.78, 5) is 22.4. The number of rotatable bonds is 3. The van der Waals surface area contributed by atoms with Crippen molar-refractivity contribution in [1.29, 1.82) is 0 Å². The average Bonchev–Trinajstić information content (AvgIpc) is 2.63. The second kappa shape index (κ2) is 6.46. The Morgan fingerprint density at radius 3 is 2.46 bits per heavy atom. The molecule has 120 valence electrons. The van der Waals surface area contributed by atoms with E-state index in [4.69, 9.17) is 16.3 Å². The van der Waals surface area contributed by atoms with Crippen LogP contribution < -0.4 is 0 Å². The van der Waals surface area contributed by atoms with Crippen molar-refractivity contribution in [2.75, 3.05) is 7.11 Å². The minimum Gasteiger partial charge on any atom is -0.467 e. The largest absolute Gasteiger partial charge is 0.467 e. The predicted octanol–water partition coefficient (Wildman–Crippen LogP) is 4.06. The van der Waals surface area contributed by atoms with Crippen LogP contribution in [0.1, 0.15) is 22.3 Å². The predicted molar refractivity (Wildman–Crippen MR) is 95.4 cm³/mol. The quantitative estimate of drug-likeness (QED) is 0.367. The lowest BCUT2D eigenvalue weighted by molar-refractivity contribution is -0.146. The normalized spacial score (nSPS) is 19.3. The first-order chi connectivity index (χ1) is 11.6. The fourth-order valence-electron chi connectivity index (χ4n) is 2.66. The first-order valence-corrected chi connectivity index (χ1v) is 7.81. The Morgan fingerprint density at radius 2 is 1.75 bits per heavy atom. The van der Waals surface area contributed by atoms with Crippen molar-refractivity contribution >= 4 is 41.6 Å². The number of allylic oxidation sites excluding steroid dienone is 1. The first-order valence-electron chi connectivity index (χ1n) is 7.43. The lowest BCUT2D eigenvalue weighted by Gasteiger charge is -2.26. The van der Waals surface area contributed by atoms with Crippen LogP contribution in [-0.4, -0.2) is 18.9 Å². The Bertz CT molecular complexity index is 852. The third-order valence-electron chi connectivity index (χ3n) is 3.94. The summed E-state index contributed by atoms with van der Waals surface area (Å²) in [5.74, 6) is -1.26. The molecular formula is C20H15ClO3. The van der Waals surface area contributed by atoms with Gasteiger partial charge < -0.3 is 4.74 Å². The molecule has 0 aromatic heterocycles. The lowest BCUT2D eigenvalue weighted by atomic mass is 9.84. The van der Waals surface area contributed by atoms with E-state index in [2.05, 4.69) is 0 Å². The molecule has 0 saturated carbocycles. The zero-order valence-electron chi connectivity index (χ0n) is 13.0. The van der Waals surface area contributed by atoms with Crippen molar-refractivity contribution in [2.24, 2.45) is 0 Å². The number of hydrogen-bond donors (Lipinski definition) is 0. The van der Waals surface area contributed by atoms with Gasteiger partial charge in [-0.3, -0.25) is 4.79 Å². The van der Waals surface area contributed by atoms with E-state index in [0.29, 0.717) is 5.56 Å². The van der Waals surface area contributed by atoms with E-state index in [-0.39, 0.29) is 0 Å². The van der Waals surface area contributed by atoms with E-state index in [1.807, 2.05) is 54.6 Å². The second-order valence-corrected chi connectivity index (χ2v) is 6.01. The van der Waals surface area contributed by atoms with Crippen LogP contribution in [-0.2, 0) is 19.2 Å². The van der Waals surface area contributed by atoms with Crippen molar-refractivity contribution in [1.82, 2.24) is 0 Å². The molecule has 2 aromatic rings. The molecule has 24 heavy (non-hydrogen) atoms. The average molecular weight is 339 g/mol. The van der Waals surface area contributed by atoms with Crippen LogP contribution in [0, 0.1) is 0 Å². The molecule has 0 N–H and O–H groups in total. The fourth-order valence-corrected chi connectivity index (χ4v) is 2.97. The monoisotopic (exact) mass is 338 g/mol. The van der Waals surface area contributed by atoms with Gasteiger partial charge in [-0.25, -0.2) is 4.79 Å². The summed E-state index contributed by atoms with van der Waals surface area (Å²) in [7, 11) is 1.22. The molecule has 0 amide bonds. The molecule has 3 nitrogen and oxygen atoms in total. The van der Waals surface area contributed by atoms with Gasteiger partial charge in [0.2, 0.25) is 4.87 Å². The van der Waals surface area contributed by atoms with E-state index >= 15 is 0 Å². The molecule has 4 heteroatoms. The molecule has 1 atom stereocenters. The van der Waals surface area contributed by atoms with Crippen LogP contribution in [0.5, 0.6) is 0 Å². The maximum absolute atomic E-state index is 12.1. The number of carbonyl (C=O) groups is 2. The summed E-state index contributed by atoms with van der Waals surface area (Å²) >= 11 is 6.34. The van der Waals surface area contributed by atoms with Gasteiger partial charge in [0.05, 0.1) is 7.11 Å². The van der Waals surface area contributed by atoms with E-state index in [0.717, 1.165) is 16.7 Å². The lowest BCUT2D eigenvalue weighted by Crippen LogP contribution is -2.40. The molecule has 0 bridgehead atoms. The molecule has 1 aliphatic rings. The molecule has 0 saturated heterocycles. The zero-order valence-corrected chi connectivity index (χ0v) is 13.8. The molecule has 0 unspecified atom stereocenters. The highest BCUT2D eigenvalue weighted by Gasteiger charge is 2.48. The van der Waals surface area contributed by atoms with Gasteiger partial charge in [-0.15, -0.1) is 0 Å². The second-order valence-electron chi connectivity index (χ2n) is 5.44. The highest BCUT2D eigenvalue weighted by Crippen LogP contribution is 2.38. The Hall–Kier alpha value is -2.65. The van der Waals surface area contributed by atoms with Crippen LogP contribution >= 0.6 is 11.6 Å². The number of fused-ring (bicyclic) bond motifs is 1. The minimum absolute atomic E-state index is 0.445. The van der Waals surface area contributed by atoms with E-state index < -0.39 is 16.6 Å². The Labute approximate surface area is 145 Å². The van der Waals surface area contributed by atoms with E-state index in [9.17, 15) is 9.59 Å². The number of ether oxygens (including phenoxy) is 1. The van der Waals surface area contributed by atoms with Crippen molar-refractivity contribution in [3.63, 3.8) is 0 Å². The summed E-state index contributed by atoms with van der Waals surface area (Å²) < 4.78 is 4.72. The molecule has 3 rings (SSSR count). The summed E-state index contributed by atoms with van der Waals surface area (Å²) in [5, 5.41) is 0. The SMILES string of the molecule is COC(=O)[C@]1(Cl)C(=O)C=Cc2cc(/C=C/c3ccccc3)ccc21. The molecule has 0 aliphatic heterocycles. The number of carbonyl (C=O) groups excluding carboxylic acids is 2. The van der Waals surface area contributed by atoms with Crippen molar-refractivity contribution in [2.45, 2.75) is 4.87 Å². The minimum atomic E-state index is -1.81. The smallest absolute Gasteiger partial charge is 0.339 e. The summed E-state index contributed by atoms with van der Waals surface area (Å²) in [6, 6.07) is 15.3. The van der Waals surface area contributed by atoms with Gasteiger partial charge in [0, 0.05) is 0 Å². The van der Waals surface area contributed by atoms with Gasteiger partial charge in [0.25, 0.3) is 0 Å². The van der Waals surface area contributed by atoms with Gasteiger partial charge in [0.1, 0.15) is 0 Å². The Morgan fingerprint density at radius 1 is 1.04 bits per heavy atom. The number of ketones is 1. The summed E-state index contributed by atoms with van der Waals surface area (Å²) in [6.45, 7) is 0. The Kier molecular flexibility index (Phi) is 4.36. The van der Waals surface area contributed by atoms with Crippen LogP contribution in [0.2, 0.25) is 0 Å². The van der Waals surface area contributed by atoms with Crippen LogP contribution in [0.4, 0.5) is 0 Å². The number of hydrogen-bond acceptors (Lipinski definition) is 3. The highest BCUT2D eigenvalue weighted by molar-refractivity contribution is 6.48. The third kappa shape index (κ3) is 2.79. The summed E-state index contributed by atoms with van der Waals surface area (Å²) in [6.07, 6.45) is 6.94. The number of esters is 1. The summed E-state index contributed by atoms with van der Waals surface area (Å²) in [5.41, 5.74) is 3.20. The Balaban J connectivity index is 1.98. The molecule has 0 heterocycles. The molecule has 2 aromatic carbocycles. The number of methoxy groups -OCH3 is 1. The van der Waals surface area contributed by atoms with Crippen LogP contribution in [0.15, 0.2) is 54.6 Å². The van der Waals surface area contributed by atoms with Gasteiger partial charge in [-0.2, -0.15) is 0 Å². The van der Waals surface area contributed by atoms with Gasteiger partial charge >= 0.3 is 5.97 Å². The first kappa shape index (κ1) is 16.2. The topological polar surface area (TPSA) is 43.4 Å². The van der Waals surface area contributed by atoms with Gasteiger partial charge in [0.15, 0.2) is 5.78 Å². The van der Waals surface area contributed by atoms with Crippen LogP contribution in [0.3, 0.4) is 0 Å². The number of alkyl halides is 1. The van der Waals surface area contributed by atoms with Crippen molar-refractivity contribution in [3.05, 3.63) is 76.9 Å². The van der Waals surface area contributed by atoms with Crippen LogP contribution in [0.25, 0.3) is 18.2 Å². The van der Waals surface area contributed by atoms with Crippen molar-refractivity contribution in [3.8, 4) is 0 Å². The van der Waals surface area contributed by atoms with E-state index in [1.165, 1.54) is 13.2 Å². The standard InChI is InChI=1S/C20H15ClO3/c1-24-19(23)20(21)17-11-9-15(13-16(17)10-12-18(20)22)8-7-14-5-3-2-4-6-14/h2-13H,1H3/b8-7+/t20-/m1/s1. The molecule has 0 radical (unpaired) electrons. The molecule has 0 fully saturated rings. The number of halogens is 1.